The number of hydrogen-bond donors (Lipinski definition) is 0. The molecular weight excluding hydrogens is 270 g/mol. The first-order chi connectivity index (χ1) is 7.66. The third-order valence-electron chi connectivity index (χ3n) is 3.17. The zero-order chi connectivity index (χ0) is 11.3. The topological polar surface area (TPSA) is 35.1 Å². The smallest absolute Gasteiger partial charge is 0.408 e. The maximum Gasteiger partial charge on any atom is 0.419 e. The third kappa shape index (κ3) is 1.52. The van der Waals surface area contributed by atoms with Gasteiger partial charge in [0.2, 0.25) is 0 Å². The Morgan fingerprint density at radius 2 is 2.25 bits per heavy atom. The Balaban J connectivity index is 2.11. The van der Waals surface area contributed by atoms with Gasteiger partial charge in [0.05, 0.1) is 5.52 Å². The highest BCUT2D eigenvalue weighted by Crippen LogP contribution is 2.46. The van der Waals surface area contributed by atoms with Crippen molar-refractivity contribution in [3.05, 3.63) is 34.3 Å². The van der Waals surface area contributed by atoms with Crippen LogP contribution >= 0.6 is 15.9 Å². The number of fused-ring (bicyclic) bond motifs is 1. The minimum atomic E-state index is -0.301. The van der Waals surface area contributed by atoms with Gasteiger partial charge in [0, 0.05) is 11.9 Å². The molecule has 0 saturated heterocycles. The Kier molecular flexibility index (Phi) is 2.21. The van der Waals surface area contributed by atoms with Crippen molar-refractivity contribution in [2.24, 2.45) is 13.0 Å². The molecule has 1 saturated carbocycles. The molecule has 1 aliphatic rings. The highest BCUT2D eigenvalue weighted by molar-refractivity contribution is 9.09. The van der Waals surface area contributed by atoms with Crippen LogP contribution in [-0.4, -0.2) is 4.57 Å². The van der Waals surface area contributed by atoms with Gasteiger partial charge >= 0.3 is 5.76 Å². The van der Waals surface area contributed by atoms with Gasteiger partial charge in [-0.3, -0.25) is 4.57 Å². The molecule has 0 radical (unpaired) electrons. The van der Waals surface area contributed by atoms with Crippen molar-refractivity contribution in [2.75, 3.05) is 0 Å². The van der Waals surface area contributed by atoms with E-state index in [1.807, 2.05) is 12.1 Å². The second-order valence-electron chi connectivity index (χ2n) is 4.39. The van der Waals surface area contributed by atoms with Gasteiger partial charge in [-0.15, -0.1) is 0 Å². The van der Waals surface area contributed by atoms with Crippen molar-refractivity contribution in [1.82, 2.24) is 4.57 Å². The number of alkyl halides is 1. The standard InChI is InChI=1S/C12H12BrNO2/c1-14-9-5-4-8(11(13)7-2-3-7)6-10(9)16-12(14)15/h4-7,11H,2-3H2,1H3. The Labute approximate surface area is 101 Å². The first-order valence-electron chi connectivity index (χ1n) is 5.40. The van der Waals surface area contributed by atoms with E-state index in [4.69, 9.17) is 4.42 Å². The zero-order valence-electron chi connectivity index (χ0n) is 8.94. The zero-order valence-corrected chi connectivity index (χ0v) is 10.5. The fraction of sp³-hybridized carbons (Fsp3) is 0.417. The predicted octanol–water partition coefficient (Wildman–Crippen LogP) is 2.98. The van der Waals surface area contributed by atoms with E-state index in [2.05, 4.69) is 22.0 Å². The number of halogens is 1. The molecule has 1 aromatic heterocycles. The van der Waals surface area contributed by atoms with Gasteiger partial charge in [0.15, 0.2) is 5.58 Å². The van der Waals surface area contributed by atoms with Gasteiger partial charge in [0.25, 0.3) is 0 Å². The molecule has 1 heterocycles. The van der Waals surface area contributed by atoms with E-state index in [-0.39, 0.29) is 5.76 Å². The summed E-state index contributed by atoms with van der Waals surface area (Å²) in [5, 5.41) is 0. The maximum atomic E-state index is 11.4. The summed E-state index contributed by atoms with van der Waals surface area (Å²) in [5.41, 5.74) is 2.73. The number of aromatic nitrogens is 1. The number of benzene rings is 1. The number of oxazole rings is 1. The van der Waals surface area contributed by atoms with Crippen LogP contribution in [0, 0.1) is 5.92 Å². The molecule has 0 spiro atoms. The molecule has 0 bridgehead atoms. The second kappa shape index (κ2) is 3.48. The Bertz CT molecular complexity index is 595. The van der Waals surface area contributed by atoms with Gasteiger partial charge in [-0.2, -0.15) is 0 Å². The molecule has 1 aliphatic carbocycles. The Morgan fingerprint density at radius 1 is 1.50 bits per heavy atom. The molecule has 84 valence electrons. The molecular formula is C12H12BrNO2. The molecule has 2 aromatic rings. The maximum absolute atomic E-state index is 11.4. The molecule has 4 heteroatoms. The molecule has 1 atom stereocenters. The van der Waals surface area contributed by atoms with Crippen molar-refractivity contribution < 1.29 is 4.42 Å². The third-order valence-corrected chi connectivity index (χ3v) is 4.45. The van der Waals surface area contributed by atoms with Gasteiger partial charge in [-0.1, -0.05) is 22.0 Å². The van der Waals surface area contributed by atoms with E-state index in [0.717, 1.165) is 11.4 Å². The summed E-state index contributed by atoms with van der Waals surface area (Å²) in [7, 11) is 1.72. The molecule has 1 aromatic carbocycles. The molecule has 3 rings (SSSR count). The molecule has 1 fully saturated rings. The summed E-state index contributed by atoms with van der Waals surface area (Å²) in [6.45, 7) is 0. The summed E-state index contributed by atoms with van der Waals surface area (Å²) in [5.74, 6) is 0.442. The normalized spacial score (nSPS) is 17.9. The van der Waals surface area contributed by atoms with Crippen LogP contribution in [0.4, 0.5) is 0 Å². The SMILES string of the molecule is Cn1c(=O)oc2cc(C(Br)C3CC3)ccc21. The summed E-state index contributed by atoms with van der Waals surface area (Å²) >= 11 is 3.70. The highest BCUT2D eigenvalue weighted by Gasteiger charge is 2.30. The molecule has 3 nitrogen and oxygen atoms in total. The predicted molar refractivity (Wildman–Crippen MR) is 65.8 cm³/mol. The molecule has 0 amide bonds. The first-order valence-corrected chi connectivity index (χ1v) is 6.32. The Morgan fingerprint density at radius 3 is 2.94 bits per heavy atom. The second-order valence-corrected chi connectivity index (χ2v) is 5.38. The van der Waals surface area contributed by atoms with Crippen LogP contribution in [0.5, 0.6) is 0 Å². The van der Waals surface area contributed by atoms with E-state index in [9.17, 15) is 4.79 Å². The van der Waals surface area contributed by atoms with Crippen molar-refractivity contribution in [3.63, 3.8) is 0 Å². The fourth-order valence-corrected chi connectivity index (χ4v) is 2.80. The Hall–Kier alpha value is -1.03. The number of hydrogen-bond acceptors (Lipinski definition) is 2. The van der Waals surface area contributed by atoms with Gasteiger partial charge < -0.3 is 4.42 Å². The minimum absolute atomic E-state index is 0.301. The van der Waals surface area contributed by atoms with Gasteiger partial charge in [-0.05, 0) is 36.5 Å². The van der Waals surface area contributed by atoms with Crippen LogP contribution in [0.15, 0.2) is 27.4 Å². The first kappa shape index (κ1) is 10.1. The van der Waals surface area contributed by atoms with Crippen molar-refractivity contribution in [2.45, 2.75) is 17.7 Å². The lowest BCUT2D eigenvalue weighted by Gasteiger charge is -2.07. The summed E-state index contributed by atoms with van der Waals surface area (Å²) in [4.78, 5) is 11.7. The van der Waals surface area contributed by atoms with Crippen LogP contribution in [0.3, 0.4) is 0 Å². The van der Waals surface area contributed by atoms with Crippen LogP contribution < -0.4 is 5.76 Å². The molecule has 0 N–H and O–H groups in total. The molecule has 1 unspecified atom stereocenters. The van der Waals surface area contributed by atoms with Gasteiger partial charge in [-0.25, -0.2) is 4.79 Å². The fourth-order valence-electron chi connectivity index (χ4n) is 1.98. The van der Waals surface area contributed by atoms with Crippen molar-refractivity contribution in [1.29, 1.82) is 0 Å². The van der Waals surface area contributed by atoms with Crippen LogP contribution in [-0.2, 0) is 7.05 Å². The number of aryl methyl sites for hydroxylation is 1. The lowest BCUT2D eigenvalue weighted by molar-refractivity contribution is 0.527. The van der Waals surface area contributed by atoms with Crippen molar-refractivity contribution in [3.8, 4) is 0 Å². The number of rotatable bonds is 2. The van der Waals surface area contributed by atoms with Crippen LogP contribution in [0.1, 0.15) is 23.2 Å². The summed E-state index contributed by atoms with van der Waals surface area (Å²) < 4.78 is 6.70. The number of nitrogens with zero attached hydrogens (tertiary/aromatic N) is 1. The monoisotopic (exact) mass is 281 g/mol. The van der Waals surface area contributed by atoms with E-state index >= 15 is 0 Å². The summed E-state index contributed by atoms with van der Waals surface area (Å²) in [6, 6.07) is 5.98. The van der Waals surface area contributed by atoms with Gasteiger partial charge in [0.1, 0.15) is 0 Å². The lowest BCUT2D eigenvalue weighted by Crippen LogP contribution is -2.08. The molecule has 0 aliphatic heterocycles. The van der Waals surface area contributed by atoms with Crippen molar-refractivity contribution >= 4 is 27.0 Å². The quantitative estimate of drug-likeness (QED) is 0.794. The van der Waals surface area contributed by atoms with E-state index in [0.29, 0.717) is 10.4 Å². The van der Waals surface area contributed by atoms with E-state index in [1.165, 1.54) is 23.0 Å². The average Bonchev–Trinajstić information content (AvgIpc) is 3.07. The van der Waals surface area contributed by atoms with E-state index < -0.39 is 0 Å². The average molecular weight is 282 g/mol. The highest BCUT2D eigenvalue weighted by atomic mass is 79.9. The van der Waals surface area contributed by atoms with Crippen LogP contribution in [0.2, 0.25) is 0 Å². The largest absolute Gasteiger partial charge is 0.419 e. The van der Waals surface area contributed by atoms with E-state index in [1.54, 1.807) is 7.05 Å². The molecule has 16 heavy (non-hydrogen) atoms. The minimum Gasteiger partial charge on any atom is -0.408 e. The lowest BCUT2D eigenvalue weighted by atomic mass is 10.1. The van der Waals surface area contributed by atoms with Crippen LogP contribution in [0.25, 0.3) is 11.1 Å². The summed E-state index contributed by atoms with van der Waals surface area (Å²) in [6.07, 6.45) is 2.57.